The molecule has 0 radical (unpaired) electrons. The van der Waals surface area contributed by atoms with Gasteiger partial charge in [0.2, 0.25) is 0 Å². The number of benzene rings is 2. The summed E-state index contributed by atoms with van der Waals surface area (Å²) in [7, 11) is 0. The maximum absolute atomic E-state index is 11.8. The number of hydrogen-bond donors (Lipinski definition) is 1. The highest BCUT2D eigenvalue weighted by Gasteiger charge is 2.12. The van der Waals surface area contributed by atoms with Crippen molar-refractivity contribution in [2.75, 3.05) is 5.88 Å². The fourth-order valence-electron chi connectivity index (χ4n) is 2.17. The van der Waals surface area contributed by atoms with Gasteiger partial charge in [0.25, 0.3) is 0 Å². The second-order valence-corrected chi connectivity index (χ2v) is 4.57. The lowest BCUT2D eigenvalue weighted by Gasteiger charge is -2.07. The van der Waals surface area contributed by atoms with Crippen LogP contribution >= 0.6 is 11.6 Å². The number of phenols is 1. The monoisotopic (exact) mass is 271 g/mol. The van der Waals surface area contributed by atoms with E-state index in [0.717, 1.165) is 10.9 Å². The van der Waals surface area contributed by atoms with E-state index in [1.54, 1.807) is 6.07 Å². The fourth-order valence-corrected chi connectivity index (χ4v) is 2.31. The van der Waals surface area contributed by atoms with Crippen LogP contribution < -0.4 is 0 Å². The number of para-hydroxylation sites is 1. The molecule has 0 aliphatic heterocycles. The molecule has 94 valence electrons. The molecular weight excluding hydrogens is 262 g/mol. The second-order valence-electron chi connectivity index (χ2n) is 4.30. The standard InChI is InChI=1S/C15H10ClNO2/c16-8-15(19)12-6-10(18)7-14-11(12)5-9-3-1-2-4-13(9)17-14/h1-7,18H,8H2. The third-order valence-corrected chi connectivity index (χ3v) is 3.28. The van der Waals surface area contributed by atoms with E-state index in [1.807, 2.05) is 30.3 Å². The first kappa shape index (κ1) is 11.9. The number of ketones is 1. The molecule has 0 fully saturated rings. The van der Waals surface area contributed by atoms with E-state index in [2.05, 4.69) is 4.98 Å². The highest BCUT2D eigenvalue weighted by atomic mass is 35.5. The van der Waals surface area contributed by atoms with Gasteiger partial charge in [-0.2, -0.15) is 0 Å². The number of hydrogen-bond acceptors (Lipinski definition) is 3. The van der Waals surface area contributed by atoms with Gasteiger partial charge in [-0.25, -0.2) is 4.98 Å². The molecule has 0 aliphatic carbocycles. The lowest BCUT2D eigenvalue weighted by Crippen LogP contribution is -2.01. The summed E-state index contributed by atoms with van der Waals surface area (Å²) in [6.45, 7) is 0. The Balaban J connectivity index is 2.43. The van der Waals surface area contributed by atoms with Gasteiger partial charge in [0.05, 0.1) is 16.9 Å². The Bertz CT molecular complexity index is 799. The van der Waals surface area contributed by atoms with Crippen LogP contribution in [-0.4, -0.2) is 21.8 Å². The average Bonchev–Trinajstić information content (AvgIpc) is 2.43. The van der Waals surface area contributed by atoms with Crippen LogP contribution in [0.25, 0.3) is 21.8 Å². The number of pyridine rings is 1. The Hall–Kier alpha value is -2.13. The zero-order valence-corrected chi connectivity index (χ0v) is 10.7. The molecule has 1 N–H and O–H groups in total. The van der Waals surface area contributed by atoms with Crippen LogP contribution in [0.3, 0.4) is 0 Å². The third kappa shape index (κ3) is 2.02. The van der Waals surface area contributed by atoms with Gasteiger partial charge in [-0.1, -0.05) is 18.2 Å². The van der Waals surface area contributed by atoms with Gasteiger partial charge in [0.1, 0.15) is 5.75 Å². The average molecular weight is 272 g/mol. The van der Waals surface area contributed by atoms with E-state index < -0.39 is 0 Å². The van der Waals surface area contributed by atoms with Crippen molar-refractivity contribution in [3.63, 3.8) is 0 Å². The summed E-state index contributed by atoms with van der Waals surface area (Å²) in [5.41, 5.74) is 1.82. The molecule has 1 aromatic heterocycles. The number of carbonyl (C=O) groups excluding carboxylic acids is 1. The number of alkyl halides is 1. The predicted molar refractivity (Wildman–Crippen MR) is 76.0 cm³/mol. The topological polar surface area (TPSA) is 50.2 Å². The quantitative estimate of drug-likeness (QED) is 0.441. The molecule has 0 bridgehead atoms. The molecule has 0 atom stereocenters. The SMILES string of the molecule is O=C(CCl)c1cc(O)cc2nc3ccccc3cc12. The smallest absolute Gasteiger partial charge is 0.178 e. The maximum atomic E-state index is 11.8. The number of nitrogens with zero attached hydrogens (tertiary/aromatic N) is 1. The first-order valence-electron chi connectivity index (χ1n) is 5.81. The lowest BCUT2D eigenvalue weighted by atomic mass is 10.0. The number of aromatic hydroxyl groups is 1. The van der Waals surface area contributed by atoms with Crippen molar-refractivity contribution in [3.05, 3.63) is 48.0 Å². The molecule has 4 heteroatoms. The van der Waals surface area contributed by atoms with Crippen molar-refractivity contribution >= 4 is 39.2 Å². The van der Waals surface area contributed by atoms with Gasteiger partial charge >= 0.3 is 0 Å². The van der Waals surface area contributed by atoms with Crippen molar-refractivity contribution in [3.8, 4) is 5.75 Å². The zero-order valence-electron chi connectivity index (χ0n) is 9.93. The third-order valence-electron chi connectivity index (χ3n) is 3.04. The minimum Gasteiger partial charge on any atom is -0.508 e. The molecule has 3 aromatic rings. The molecule has 0 amide bonds. The first-order valence-corrected chi connectivity index (χ1v) is 6.34. The van der Waals surface area contributed by atoms with Crippen molar-refractivity contribution in [2.45, 2.75) is 0 Å². The maximum Gasteiger partial charge on any atom is 0.178 e. The summed E-state index contributed by atoms with van der Waals surface area (Å²) in [5, 5.41) is 11.4. The van der Waals surface area contributed by atoms with E-state index in [0.29, 0.717) is 16.5 Å². The number of aromatic nitrogens is 1. The van der Waals surface area contributed by atoms with E-state index in [-0.39, 0.29) is 17.4 Å². The van der Waals surface area contributed by atoms with Crippen molar-refractivity contribution in [1.82, 2.24) is 4.98 Å². The normalized spacial score (nSPS) is 11.0. The minimum absolute atomic E-state index is 0.0174. The van der Waals surface area contributed by atoms with Gasteiger partial charge in [-0.3, -0.25) is 4.79 Å². The first-order chi connectivity index (χ1) is 9.19. The molecule has 0 aliphatic rings. The molecule has 0 saturated carbocycles. The van der Waals surface area contributed by atoms with Crippen LogP contribution in [0.4, 0.5) is 0 Å². The number of halogens is 1. The van der Waals surface area contributed by atoms with E-state index >= 15 is 0 Å². The van der Waals surface area contributed by atoms with Gasteiger partial charge in [-0.15, -0.1) is 11.6 Å². The highest BCUT2D eigenvalue weighted by molar-refractivity contribution is 6.32. The van der Waals surface area contributed by atoms with Crippen molar-refractivity contribution in [2.24, 2.45) is 0 Å². The molecule has 0 saturated heterocycles. The van der Waals surface area contributed by atoms with Crippen LogP contribution in [0.15, 0.2) is 42.5 Å². The number of Topliss-reactive ketones (excluding diaryl/α,β-unsaturated/α-hetero) is 1. The largest absolute Gasteiger partial charge is 0.508 e. The number of rotatable bonds is 2. The number of phenolic OH excluding ortho intramolecular Hbond substituents is 1. The van der Waals surface area contributed by atoms with Crippen molar-refractivity contribution < 1.29 is 9.90 Å². The molecular formula is C15H10ClNO2. The van der Waals surface area contributed by atoms with Crippen LogP contribution in [-0.2, 0) is 0 Å². The van der Waals surface area contributed by atoms with Crippen LogP contribution in [0.5, 0.6) is 5.75 Å². The summed E-state index contributed by atoms with van der Waals surface area (Å²) < 4.78 is 0. The van der Waals surface area contributed by atoms with Crippen LogP contribution in [0.1, 0.15) is 10.4 Å². The summed E-state index contributed by atoms with van der Waals surface area (Å²) in [4.78, 5) is 16.3. The Labute approximate surface area is 114 Å². The Morgan fingerprint density at radius 1 is 1.16 bits per heavy atom. The Morgan fingerprint density at radius 3 is 2.74 bits per heavy atom. The molecule has 0 unspecified atom stereocenters. The predicted octanol–water partition coefficient (Wildman–Crippen LogP) is 3.52. The number of carbonyl (C=O) groups is 1. The summed E-state index contributed by atoms with van der Waals surface area (Å²) in [6.07, 6.45) is 0. The summed E-state index contributed by atoms with van der Waals surface area (Å²) >= 11 is 5.61. The summed E-state index contributed by atoms with van der Waals surface area (Å²) in [5.74, 6) is -0.325. The van der Waals surface area contributed by atoms with E-state index in [1.165, 1.54) is 6.07 Å². The molecule has 3 rings (SSSR count). The summed E-state index contributed by atoms with van der Waals surface area (Å²) in [6, 6.07) is 12.5. The molecule has 1 heterocycles. The molecule has 0 spiro atoms. The van der Waals surface area contributed by atoms with E-state index in [9.17, 15) is 9.90 Å². The molecule has 2 aromatic carbocycles. The fraction of sp³-hybridized carbons (Fsp3) is 0.0667. The molecule has 3 nitrogen and oxygen atoms in total. The van der Waals surface area contributed by atoms with Gasteiger partial charge in [0.15, 0.2) is 5.78 Å². The Kier molecular flexibility index (Phi) is 2.84. The number of fused-ring (bicyclic) bond motifs is 2. The second kappa shape index (κ2) is 4.52. The van der Waals surface area contributed by atoms with Crippen molar-refractivity contribution in [1.29, 1.82) is 0 Å². The van der Waals surface area contributed by atoms with Crippen LogP contribution in [0.2, 0.25) is 0 Å². The molecule has 19 heavy (non-hydrogen) atoms. The zero-order chi connectivity index (χ0) is 13.4. The van der Waals surface area contributed by atoms with Gasteiger partial charge in [0, 0.05) is 22.4 Å². The highest BCUT2D eigenvalue weighted by Crippen LogP contribution is 2.27. The van der Waals surface area contributed by atoms with Crippen LogP contribution in [0, 0.1) is 0 Å². The lowest BCUT2D eigenvalue weighted by molar-refractivity contribution is 0.102. The van der Waals surface area contributed by atoms with E-state index in [4.69, 9.17) is 11.6 Å². The minimum atomic E-state index is -0.223. The van der Waals surface area contributed by atoms with Gasteiger partial charge < -0.3 is 5.11 Å². The Morgan fingerprint density at radius 2 is 1.95 bits per heavy atom. The van der Waals surface area contributed by atoms with Gasteiger partial charge in [-0.05, 0) is 18.2 Å².